The summed E-state index contributed by atoms with van der Waals surface area (Å²) in [5.74, 6) is 0.0165. The van der Waals surface area contributed by atoms with E-state index in [-0.39, 0.29) is 24.9 Å². The van der Waals surface area contributed by atoms with E-state index >= 15 is 0 Å². The van der Waals surface area contributed by atoms with E-state index in [1.807, 2.05) is 0 Å². The number of halogens is 3. The minimum absolute atomic E-state index is 0.0165. The van der Waals surface area contributed by atoms with E-state index in [2.05, 4.69) is 6.58 Å². The number of sulfonamides is 1. The first-order valence-electron chi connectivity index (χ1n) is 7.09. The van der Waals surface area contributed by atoms with Crippen LogP contribution in [0.1, 0.15) is 26.2 Å². The van der Waals surface area contributed by atoms with E-state index in [1.165, 1.54) is 9.21 Å². The van der Waals surface area contributed by atoms with Gasteiger partial charge < -0.3 is 0 Å². The molecule has 0 aliphatic carbocycles. The summed E-state index contributed by atoms with van der Waals surface area (Å²) in [6, 6.07) is -0.355. The maximum atomic E-state index is 12.4. The molecule has 0 spiro atoms. The van der Waals surface area contributed by atoms with Gasteiger partial charge in [0.1, 0.15) is 0 Å². The summed E-state index contributed by atoms with van der Waals surface area (Å²) >= 11 is 0. The Kier molecular flexibility index (Phi) is 6.68. The maximum Gasteiger partial charge on any atom is 0.401 e. The van der Waals surface area contributed by atoms with Crippen LogP contribution in [0, 0.1) is 0 Å². The van der Waals surface area contributed by atoms with Crippen molar-refractivity contribution in [3.05, 3.63) is 12.7 Å². The van der Waals surface area contributed by atoms with Crippen LogP contribution >= 0.6 is 0 Å². The van der Waals surface area contributed by atoms with Crippen LogP contribution in [0.15, 0.2) is 12.7 Å². The number of hydrogen-bond donors (Lipinski definition) is 0. The lowest BCUT2D eigenvalue weighted by molar-refractivity contribution is -0.143. The molecule has 0 aromatic rings. The van der Waals surface area contributed by atoms with Gasteiger partial charge in [0.25, 0.3) is 0 Å². The first-order chi connectivity index (χ1) is 9.69. The maximum absolute atomic E-state index is 12.4. The number of nitrogens with zero attached hydrogens (tertiary/aromatic N) is 2. The molecule has 1 aliphatic rings. The third-order valence-corrected chi connectivity index (χ3v) is 5.61. The fourth-order valence-electron chi connectivity index (χ4n) is 2.65. The zero-order valence-electron chi connectivity index (χ0n) is 12.3. The van der Waals surface area contributed by atoms with E-state index in [4.69, 9.17) is 0 Å². The SMILES string of the molecule is C=CCCCS(=O)(=O)N(CC)C1CCN(CC(F)(F)F)C1. The third kappa shape index (κ3) is 5.96. The molecular weight excluding hydrogens is 305 g/mol. The van der Waals surface area contributed by atoms with Gasteiger partial charge >= 0.3 is 6.18 Å². The van der Waals surface area contributed by atoms with E-state index < -0.39 is 22.7 Å². The number of likely N-dealkylation sites (tertiary alicyclic amines) is 1. The topological polar surface area (TPSA) is 40.6 Å². The minimum atomic E-state index is -4.24. The predicted molar refractivity (Wildman–Crippen MR) is 76.5 cm³/mol. The first kappa shape index (κ1) is 18.4. The van der Waals surface area contributed by atoms with Gasteiger partial charge in [-0.25, -0.2) is 8.42 Å². The molecule has 0 N–H and O–H groups in total. The number of alkyl halides is 3. The highest BCUT2D eigenvalue weighted by Gasteiger charge is 2.38. The van der Waals surface area contributed by atoms with Crippen LogP contribution in [0.2, 0.25) is 0 Å². The molecule has 0 amide bonds. The van der Waals surface area contributed by atoms with Crippen molar-refractivity contribution in [2.24, 2.45) is 0 Å². The highest BCUT2D eigenvalue weighted by molar-refractivity contribution is 7.89. The normalized spacial score (nSPS) is 21.1. The summed E-state index contributed by atoms with van der Waals surface area (Å²) in [6.07, 6.45) is -1.03. The van der Waals surface area contributed by atoms with Crippen LogP contribution in [-0.4, -0.2) is 61.8 Å². The molecule has 1 fully saturated rings. The Balaban J connectivity index is 2.63. The zero-order valence-corrected chi connectivity index (χ0v) is 13.1. The zero-order chi connectivity index (χ0) is 16.1. The molecule has 124 valence electrons. The van der Waals surface area contributed by atoms with Gasteiger partial charge in [-0.2, -0.15) is 17.5 Å². The smallest absolute Gasteiger partial charge is 0.293 e. The molecule has 1 heterocycles. The van der Waals surface area contributed by atoms with Crippen LogP contribution in [-0.2, 0) is 10.0 Å². The Hall–Kier alpha value is -0.600. The van der Waals surface area contributed by atoms with Gasteiger partial charge in [-0.1, -0.05) is 13.0 Å². The quantitative estimate of drug-likeness (QED) is 0.507. The second kappa shape index (κ2) is 7.60. The van der Waals surface area contributed by atoms with Crippen LogP contribution in [0.4, 0.5) is 13.2 Å². The van der Waals surface area contributed by atoms with E-state index in [1.54, 1.807) is 13.0 Å². The van der Waals surface area contributed by atoms with Gasteiger partial charge in [-0.15, -0.1) is 6.58 Å². The number of hydrogen-bond acceptors (Lipinski definition) is 3. The molecule has 21 heavy (non-hydrogen) atoms. The Labute approximate surface area is 124 Å². The largest absolute Gasteiger partial charge is 0.401 e. The second-order valence-electron chi connectivity index (χ2n) is 5.24. The standard InChI is InChI=1S/C13H23F3N2O2S/c1-3-5-6-9-21(19,20)18(4-2)12-7-8-17(10-12)11-13(14,15)16/h3,12H,1,4-11H2,2H3. The molecule has 4 nitrogen and oxygen atoms in total. The lowest BCUT2D eigenvalue weighted by atomic mass is 10.3. The number of likely N-dealkylation sites (N-methyl/N-ethyl adjacent to an activating group) is 1. The van der Waals surface area contributed by atoms with E-state index in [0.717, 1.165) is 0 Å². The summed E-state index contributed by atoms with van der Waals surface area (Å²) in [4.78, 5) is 1.27. The summed E-state index contributed by atoms with van der Waals surface area (Å²) in [5, 5.41) is 0. The van der Waals surface area contributed by atoms with Crippen molar-refractivity contribution in [1.29, 1.82) is 0 Å². The van der Waals surface area contributed by atoms with Gasteiger partial charge in [0.15, 0.2) is 0 Å². The van der Waals surface area contributed by atoms with Crippen molar-refractivity contribution in [1.82, 2.24) is 9.21 Å². The summed E-state index contributed by atoms with van der Waals surface area (Å²) in [6.45, 7) is 5.01. The first-order valence-corrected chi connectivity index (χ1v) is 8.70. The lowest BCUT2D eigenvalue weighted by Crippen LogP contribution is -2.43. The molecule has 1 aliphatic heterocycles. The van der Waals surface area contributed by atoms with Crippen LogP contribution in [0.3, 0.4) is 0 Å². The van der Waals surface area contributed by atoms with E-state index in [0.29, 0.717) is 25.8 Å². The molecule has 0 aromatic carbocycles. The van der Waals surface area contributed by atoms with E-state index in [9.17, 15) is 21.6 Å². The van der Waals surface area contributed by atoms with Gasteiger partial charge in [0, 0.05) is 25.7 Å². The summed E-state index contributed by atoms with van der Waals surface area (Å²) in [7, 11) is -3.42. The van der Waals surface area contributed by atoms with Crippen molar-refractivity contribution < 1.29 is 21.6 Å². The molecule has 1 unspecified atom stereocenters. The lowest BCUT2D eigenvalue weighted by Gasteiger charge is -2.27. The molecular formula is C13H23F3N2O2S. The van der Waals surface area contributed by atoms with Crippen LogP contribution < -0.4 is 0 Å². The highest BCUT2D eigenvalue weighted by atomic mass is 32.2. The molecule has 0 bridgehead atoms. The van der Waals surface area contributed by atoms with Gasteiger partial charge in [0.05, 0.1) is 12.3 Å². The average Bonchev–Trinajstić information content (AvgIpc) is 2.75. The van der Waals surface area contributed by atoms with Gasteiger partial charge in [-0.05, 0) is 19.3 Å². The van der Waals surface area contributed by atoms with Crippen LogP contribution in [0.25, 0.3) is 0 Å². The number of unbranched alkanes of at least 4 members (excludes halogenated alkanes) is 1. The monoisotopic (exact) mass is 328 g/mol. The molecule has 1 atom stereocenters. The number of rotatable bonds is 8. The summed E-state index contributed by atoms with van der Waals surface area (Å²) < 4.78 is 63.0. The van der Waals surface area contributed by atoms with Crippen LogP contribution in [0.5, 0.6) is 0 Å². The Morgan fingerprint density at radius 3 is 2.62 bits per heavy atom. The fourth-order valence-corrected chi connectivity index (χ4v) is 4.44. The van der Waals surface area contributed by atoms with Crippen molar-refractivity contribution in [2.75, 3.05) is 31.9 Å². The molecule has 0 aromatic heterocycles. The predicted octanol–water partition coefficient (Wildman–Crippen LogP) is 2.24. The Morgan fingerprint density at radius 2 is 2.10 bits per heavy atom. The third-order valence-electron chi connectivity index (χ3n) is 3.54. The Morgan fingerprint density at radius 1 is 1.43 bits per heavy atom. The average molecular weight is 328 g/mol. The van der Waals surface area contributed by atoms with Crippen molar-refractivity contribution in [3.63, 3.8) is 0 Å². The van der Waals surface area contributed by atoms with Crippen molar-refractivity contribution in [3.8, 4) is 0 Å². The fraction of sp³-hybridized carbons (Fsp3) is 0.846. The second-order valence-corrected chi connectivity index (χ2v) is 7.28. The minimum Gasteiger partial charge on any atom is -0.293 e. The molecule has 0 radical (unpaired) electrons. The van der Waals surface area contributed by atoms with Crippen molar-refractivity contribution >= 4 is 10.0 Å². The highest BCUT2D eigenvalue weighted by Crippen LogP contribution is 2.24. The summed E-state index contributed by atoms with van der Waals surface area (Å²) in [5.41, 5.74) is 0. The number of allylic oxidation sites excluding steroid dienone is 1. The molecule has 1 rings (SSSR count). The van der Waals surface area contributed by atoms with Gasteiger partial charge in [-0.3, -0.25) is 4.90 Å². The molecule has 1 saturated heterocycles. The Bertz CT molecular complexity index is 437. The molecule has 8 heteroatoms. The van der Waals surface area contributed by atoms with Crippen molar-refractivity contribution in [2.45, 2.75) is 38.4 Å². The van der Waals surface area contributed by atoms with Gasteiger partial charge in [0.2, 0.25) is 10.0 Å². The molecule has 0 saturated carbocycles.